The average Bonchev–Trinajstić information content (AvgIpc) is 2.82. The summed E-state index contributed by atoms with van der Waals surface area (Å²) in [5, 5.41) is 4.08. The van der Waals surface area contributed by atoms with Gasteiger partial charge in [0, 0.05) is 18.3 Å². The number of anilines is 1. The zero-order chi connectivity index (χ0) is 13.0. The molecule has 1 aromatic carbocycles. The maximum Gasteiger partial charge on any atom is 0.233 e. The molecule has 18 heavy (non-hydrogen) atoms. The lowest BCUT2D eigenvalue weighted by atomic mass is 10.3. The van der Waals surface area contributed by atoms with Gasteiger partial charge in [-0.3, -0.25) is 4.72 Å². The third-order valence-electron chi connectivity index (χ3n) is 2.27. The van der Waals surface area contributed by atoms with E-state index in [4.69, 9.17) is 11.6 Å². The molecule has 0 atom stereocenters. The molecular formula is C11H12ClN3O2S. The summed E-state index contributed by atoms with van der Waals surface area (Å²) in [7, 11) is -3.42. The molecule has 0 saturated heterocycles. The van der Waals surface area contributed by atoms with Crippen molar-refractivity contribution < 1.29 is 8.42 Å². The summed E-state index contributed by atoms with van der Waals surface area (Å²) in [4.78, 5) is 0. The van der Waals surface area contributed by atoms with Gasteiger partial charge >= 0.3 is 0 Å². The first kappa shape index (κ1) is 12.9. The van der Waals surface area contributed by atoms with Gasteiger partial charge in [0.2, 0.25) is 10.0 Å². The fourth-order valence-corrected chi connectivity index (χ4v) is 2.91. The normalized spacial score (nSPS) is 11.4. The van der Waals surface area contributed by atoms with Crippen molar-refractivity contribution in [3.8, 4) is 5.69 Å². The second-order valence-corrected chi connectivity index (χ2v) is 5.80. The van der Waals surface area contributed by atoms with Gasteiger partial charge < -0.3 is 0 Å². The summed E-state index contributed by atoms with van der Waals surface area (Å²) in [5.74, 6) is -0.0682. The van der Waals surface area contributed by atoms with E-state index in [0.717, 1.165) is 0 Å². The third-order valence-corrected chi connectivity index (χ3v) is 3.95. The van der Waals surface area contributed by atoms with E-state index < -0.39 is 10.0 Å². The Balaban J connectivity index is 2.35. The van der Waals surface area contributed by atoms with E-state index in [0.29, 0.717) is 11.4 Å². The average molecular weight is 286 g/mol. The second kappa shape index (κ2) is 5.41. The number of nitrogens with zero attached hydrogens (tertiary/aromatic N) is 2. The van der Waals surface area contributed by atoms with Gasteiger partial charge in [-0.25, -0.2) is 13.1 Å². The molecular weight excluding hydrogens is 274 g/mol. The number of hydrogen-bond donors (Lipinski definition) is 1. The molecule has 0 amide bonds. The Morgan fingerprint density at radius 3 is 2.72 bits per heavy atom. The summed E-state index contributed by atoms with van der Waals surface area (Å²) in [6.07, 6.45) is 3.37. The Morgan fingerprint density at radius 1 is 1.28 bits per heavy atom. The van der Waals surface area contributed by atoms with E-state index in [-0.39, 0.29) is 11.6 Å². The van der Waals surface area contributed by atoms with Crippen LogP contribution >= 0.6 is 11.6 Å². The van der Waals surface area contributed by atoms with E-state index in [1.165, 1.54) is 0 Å². The van der Waals surface area contributed by atoms with Crippen molar-refractivity contribution in [3.05, 3.63) is 42.7 Å². The van der Waals surface area contributed by atoms with Gasteiger partial charge in [-0.05, 0) is 18.2 Å². The molecule has 0 bridgehead atoms. The number of hydrogen-bond acceptors (Lipinski definition) is 3. The van der Waals surface area contributed by atoms with Crippen molar-refractivity contribution in [2.24, 2.45) is 0 Å². The minimum absolute atomic E-state index is 0.0548. The van der Waals surface area contributed by atoms with Crippen LogP contribution in [0.5, 0.6) is 0 Å². The van der Waals surface area contributed by atoms with Crippen molar-refractivity contribution in [2.75, 3.05) is 16.4 Å². The predicted octanol–water partition coefficient (Wildman–Crippen LogP) is 1.85. The highest BCUT2D eigenvalue weighted by atomic mass is 35.5. The zero-order valence-electron chi connectivity index (χ0n) is 9.45. The number of rotatable bonds is 5. The lowest BCUT2D eigenvalue weighted by molar-refractivity contribution is 0.602. The Kier molecular flexibility index (Phi) is 3.88. The second-order valence-electron chi connectivity index (χ2n) is 3.58. The van der Waals surface area contributed by atoms with E-state index in [1.807, 2.05) is 6.07 Å². The predicted molar refractivity (Wildman–Crippen MR) is 71.7 cm³/mol. The molecule has 96 valence electrons. The molecule has 0 saturated carbocycles. The van der Waals surface area contributed by atoms with Crippen molar-refractivity contribution in [3.63, 3.8) is 0 Å². The molecule has 1 N–H and O–H groups in total. The van der Waals surface area contributed by atoms with Gasteiger partial charge in [-0.15, -0.1) is 11.6 Å². The molecule has 2 aromatic rings. The maximum atomic E-state index is 11.7. The topological polar surface area (TPSA) is 64.0 Å². The van der Waals surface area contributed by atoms with Gasteiger partial charge in [0.05, 0.1) is 17.1 Å². The van der Waals surface area contributed by atoms with Gasteiger partial charge in [-0.2, -0.15) is 5.10 Å². The quantitative estimate of drug-likeness (QED) is 0.853. The molecule has 1 heterocycles. The number of aromatic nitrogens is 2. The zero-order valence-corrected chi connectivity index (χ0v) is 11.0. The van der Waals surface area contributed by atoms with Gasteiger partial charge in [0.25, 0.3) is 0 Å². The minimum Gasteiger partial charge on any atom is -0.281 e. The highest BCUT2D eigenvalue weighted by Gasteiger charge is 2.12. The monoisotopic (exact) mass is 285 g/mol. The van der Waals surface area contributed by atoms with E-state index in [1.54, 1.807) is 41.3 Å². The Hall–Kier alpha value is -1.53. The van der Waals surface area contributed by atoms with Crippen LogP contribution in [0.2, 0.25) is 0 Å². The van der Waals surface area contributed by atoms with Crippen LogP contribution in [0, 0.1) is 0 Å². The Morgan fingerprint density at radius 2 is 2.06 bits per heavy atom. The highest BCUT2D eigenvalue weighted by molar-refractivity contribution is 7.92. The number of para-hydroxylation sites is 2. The van der Waals surface area contributed by atoms with E-state index in [2.05, 4.69) is 9.82 Å². The lowest BCUT2D eigenvalue weighted by Gasteiger charge is -2.11. The lowest BCUT2D eigenvalue weighted by Crippen LogP contribution is -2.18. The van der Waals surface area contributed by atoms with Crippen LogP contribution in [0.3, 0.4) is 0 Å². The number of benzene rings is 1. The van der Waals surface area contributed by atoms with Crippen molar-refractivity contribution in [1.29, 1.82) is 0 Å². The molecule has 0 spiro atoms. The third kappa shape index (κ3) is 3.02. The number of alkyl halides is 1. The van der Waals surface area contributed by atoms with Crippen LogP contribution in [-0.4, -0.2) is 29.8 Å². The first-order chi connectivity index (χ1) is 8.62. The van der Waals surface area contributed by atoms with Gasteiger partial charge in [-0.1, -0.05) is 12.1 Å². The van der Waals surface area contributed by atoms with Crippen LogP contribution < -0.4 is 4.72 Å². The maximum absolute atomic E-state index is 11.7. The summed E-state index contributed by atoms with van der Waals surface area (Å²) in [5.41, 5.74) is 1.15. The summed E-state index contributed by atoms with van der Waals surface area (Å²) in [6.45, 7) is 0. The molecule has 2 rings (SSSR count). The molecule has 0 radical (unpaired) electrons. The Labute approximate surface area is 110 Å². The smallest absolute Gasteiger partial charge is 0.233 e. The Bertz CT molecular complexity index is 611. The van der Waals surface area contributed by atoms with Crippen LogP contribution in [0.15, 0.2) is 42.7 Å². The summed E-state index contributed by atoms with van der Waals surface area (Å²) < 4.78 is 27.5. The van der Waals surface area contributed by atoms with E-state index >= 15 is 0 Å². The number of nitrogens with one attached hydrogen (secondary N) is 1. The van der Waals surface area contributed by atoms with Crippen LogP contribution in [0.25, 0.3) is 5.69 Å². The highest BCUT2D eigenvalue weighted by Crippen LogP contribution is 2.20. The molecule has 0 fully saturated rings. The van der Waals surface area contributed by atoms with Crippen molar-refractivity contribution >= 4 is 27.3 Å². The minimum atomic E-state index is -3.42. The first-order valence-corrected chi connectivity index (χ1v) is 7.46. The SMILES string of the molecule is O=S(=O)(CCCl)Nc1ccccc1-n1cccn1. The molecule has 5 nitrogen and oxygen atoms in total. The largest absolute Gasteiger partial charge is 0.281 e. The standard InChI is InChI=1S/C11H12ClN3O2S/c12-6-9-18(16,17)14-10-4-1-2-5-11(10)15-8-3-7-13-15/h1-5,7-8,14H,6,9H2. The number of halogens is 1. The molecule has 0 aliphatic carbocycles. The van der Waals surface area contributed by atoms with Gasteiger partial charge in [0.15, 0.2) is 0 Å². The van der Waals surface area contributed by atoms with Crippen LogP contribution in [0.1, 0.15) is 0 Å². The number of sulfonamides is 1. The van der Waals surface area contributed by atoms with Crippen molar-refractivity contribution in [2.45, 2.75) is 0 Å². The van der Waals surface area contributed by atoms with Gasteiger partial charge in [0.1, 0.15) is 0 Å². The fourth-order valence-electron chi connectivity index (χ4n) is 1.49. The molecule has 0 aliphatic rings. The molecule has 0 aliphatic heterocycles. The first-order valence-electron chi connectivity index (χ1n) is 5.28. The molecule has 0 unspecified atom stereocenters. The van der Waals surface area contributed by atoms with Crippen LogP contribution in [-0.2, 0) is 10.0 Å². The van der Waals surface area contributed by atoms with Crippen LogP contribution in [0.4, 0.5) is 5.69 Å². The molecule has 7 heteroatoms. The van der Waals surface area contributed by atoms with Crippen molar-refractivity contribution in [1.82, 2.24) is 9.78 Å². The van der Waals surface area contributed by atoms with E-state index in [9.17, 15) is 8.42 Å². The molecule has 1 aromatic heterocycles. The summed E-state index contributed by atoms with van der Waals surface area (Å²) in [6, 6.07) is 8.81. The fraction of sp³-hybridized carbons (Fsp3) is 0.182. The summed E-state index contributed by atoms with van der Waals surface area (Å²) >= 11 is 5.45.